The minimum absolute atomic E-state index is 0.0810. The van der Waals surface area contributed by atoms with E-state index in [1.807, 2.05) is 26.0 Å². The Morgan fingerprint density at radius 2 is 2.20 bits per heavy atom. The molecule has 1 fully saturated rings. The summed E-state index contributed by atoms with van der Waals surface area (Å²) in [6, 6.07) is 3.95. The van der Waals surface area contributed by atoms with E-state index in [-0.39, 0.29) is 5.91 Å². The Morgan fingerprint density at radius 3 is 2.80 bits per heavy atom. The van der Waals surface area contributed by atoms with Crippen molar-refractivity contribution < 1.29 is 14.7 Å². The Bertz CT molecular complexity index is 511. The van der Waals surface area contributed by atoms with Crippen LogP contribution in [-0.4, -0.2) is 22.5 Å². The topological polar surface area (TPSA) is 66.4 Å². The monoisotopic (exact) mass is 295 g/mol. The first-order valence-electron chi connectivity index (χ1n) is 7.00. The zero-order valence-electron chi connectivity index (χ0n) is 11.9. The number of carbonyl (C=O) groups excluding carboxylic acids is 1. The van der Waals surface area contributed by atoms with Gasteiger partial charge in [-0.25, -0.2) is 0 Å². The van der Waals surface area contributed by atoms with Crippen molar-refractivity contribution in [3.8, 4) is 0 Å². The minimum Gasteiger partial charge on any atom is -0.481 e. The number of aryl methyl sites for hydroxylation is 1. The highest BCUT2D eigenvalue weighted by atomic mass is 32.1. The summed E-state index contributed by atoms with van der Waals surface area (Å²) in [7, 11) is 0. The summed E-state index contributed by atoms with van der Waals surface area (Å²) in [4.78, 5) is 25.7. The van der Waals surface area contributed by atoms with Crippen molar-refractivity contribution >= 4 is 23.2 Å². The van der Waals surface area contributed by atoms with Crippen molar-refractivity contribution in [3.05, 3.63) is 21.9 Å². The number of carboxylic acids is 1. The normalized spacial score (nSPS) is 26.2. The second kappa shape index (κ2) is 5.95. The maximum Gasteiger partial charge on any atom is 0.308 e. The minimum atomic E-state index is -0.806. The summed E-state index contributed by atoms with van der Waals surface area (Å²) < 4.78 is 0. The van der Waals surface area contributed by atoms with Gasteiger partial charge in [-0.3, -0.25) is 9.59 Å². The fourth-order valence-corrected chi connectivity index (χ4v) is 3.87. The molecule has 0 spiro atoms. The van der Waals surface area contributed by atoms with Gasteiger partial charge in [0.25, 0.3) is 0 Å². The molecule has 2 unspecified atom stereocenters. The third-order valence-electron chi connectivity index (χ3n) is 4.06. The van der Waals surface area contributed by atoms with Gasteiger partial charge in [0.05, 0.1) is 17.9 Å². The van der Waals surface area contributed by atoms with Crippen molar-refractivity contribution in [2.24, 2.45) is 5.92 Å². The molecule has 1 aliphatic rings. The first-order chi connectivity index (χ1) is 9.40. The first-order valence-corrected chi connectivity index (χ1v) is 7.81. The molecule has 1 saturated carbocycles. The Balaban J connectivity index is 2.02. The fraction of sp³-hybridized carbons (Fsp3) is 0.600. The molecule has 20 heavy (non-hydrogen) atoms. The van der Waals surface area contributed by atoms with E-state index in [1.165, 1.54) is 4.88 Å². The second-order valence-electron chi connectivity index (χ2n) is 5.79. The van der Waals surface area contributed by atoms with Crippen molar-refractivity contribution in [3.63, 3.8) is 0 Å². The third-order valence-corrected chi connectivity index (χ3v) is 5.06. The maximum absolute atomic E-state index is 12.2. The van der Waals surface area contributed by atoms with Crippen LogP contribution in [0, 0.1) is 12.8 Å². The number of amides is 1. The Morgan fingerprint density at radius 1 is 1.45 bits per heavy atom. The molecule has 0 bridgehead atoms. The molecular formula is C15H21NO3S. The van der Waals surface area contributed by atoms with Crippen molar-refractivity contribution in [2.45, 2.75) is 51.5 Å². The largest absolute Gasteiger partial charge is 0.481 e. The van der Waals surface area contributed by atoms with Gasteiger partial charge in [0.15, 0.2) is 0 Å². The summed E-state index contributed by atoms with van der Waals surface area (Å²) in [5.41, 5.74) is -0.618. The van der Waals surface area contributed by atoms with Crippen molar-refractivity contribution in [1.29, 1.82) is 0 Å². The average Bonchev–Trinajstić information content (AvgIpc) is 2.73. The van der Waals surface area contributed by atoms with Crippen LogP contribution in [0.1, 0.15) is 42.4 Å². The predicted molar refractivity (Wildman–Crippen MR) is 78.9 cm³/mol. The number of hydrogen-bond acceptors (Lipinski definition) is 3. The molecule has 4 nitrogen and oxygen atoms in total. The standard InChI is InChI=1S/C15H21NO3S/c1-10-6-7-11(20-10)9-13(17)16-15(2)8-4-3-5-12(15)14(18)19/h6-7,12H,3-5,8-9H2,1-2H3,(H,16,17)(H,18,19). The van der Waals surface area contributed by atoms with E-state index in [9.17, 15) is 14.7 Å². The van der Waals surface area contributed by atoms with Crippen LogP contribution in [0.25, 0.3) is 0 Å². The Labute approximate surface area is 123 Å². The lowest BCUT2D eigenvalue weighted by Gasteiger charge is -2.39. The second-order valence-corrected chi connectivity index (χ2v) is 7.16. The Kier molecular flexibility index (Phi) is 4.48. The molecule has 0 aliphatic heterocycles. The van der Waals surface area contributed by atoms with Crippen LogP contribution in [0.2, 0.25) is 0 Å². The van der Waals surface area contributed by atoms with Gasteiger partial charge in [0.1, 0.15) is 0 Å². The number of rotatable bonds is 4. The van der Waals surface area contributed by atoms with E-state index in [0.717, 1.165) is 24.1 Å². The Hall–Kier alpha value is -1.36. The molecule has 1 aromatic heterocycles. The molecule has 5 heteroatoms. The SMILES string of the molecule is Cc1ccc(CC(=O)NC2(C)CCCCC2C(=O)O)s1. The summed E-state index contributed by atoms with van der Waals surface area (Å²) in [6.07, 6.45) is 3.61. The molecule has 2 atom stereocenters. The van der Waals surface area contributed by atoms with Gasteiger partial charge in [-0.1, -0.05) is 12.8 Å². The number of hydrogen-bond donors (Lipinski definition) is 2. The lowest BCUT2D eigenvalue weighted by atomic mass is 9.74. The van der Waals surface area contributed by atoms with Gasteiger partial charge in [0, 0.05) is 9.75 Å². The summed E-state index contributed by atoms with van der Waals surface area (Å²) >= 11 is 1.61. The maximum atomic E-state index is 12.2. The van der Waals surface area contributed by atoms with Crippen LogP contribution < -0.4 is 5.32 Å². The molecule has 0 radical (unpaired) electrons. The summed E-state index contributed by atoms with van der Waals surface area (Å²) in [5, 5.41) is 12.3. The molecule has 0 saturated heterocycles. The van der Waals surface area contributed by atoms with Gasteiger partial charge in [-0.2, -0.15) is 0 Å². The number of nitrogens with one attached hydrogen (secondary N) is 1. The molecular weight excluding hydrogens is 274 g/mol. The quantitative estimate of drug-likeness (QED) is 0.897. The average molecular weight is 295 g/mol. The lowest BCUT2D eigenvalue weighted by Crippen LogP contribution is -2.55. The molecule has 2 N–H and O–H groups in total. The van der Waals surface area contributed by atoms with E-state index in [0.29, 0.717) is 12.8 Å². The van der Waals surface area contributed by atoms with E-state index in [2.05, 4.69) is 5.32 Å². The van der Waals surface area contributed by atoms with E-state index >= 15 is 0 Å². The van der Waals surface area contributed by atoms with Crippen LogP contribution in [-0.2, 0) is 16.0 Å². The van der Waals surface area contributed by atoms with Crippen LogP contribution in [0.5, 0.6) is 0 Å². The first kappa shape index (κ1) is 15.0. The van der Waals surface area contributed by atoms with Crippen LogP contribution in [0.4, 0.5) is 0 Å². The van der Waals surface area contributed by atoms with E-state index in [4.69, 9.17) is 0 Å². The van der Waals surface area contributed by atoms with Gasteiger partial charge in [-0.05, 0) is 38.8 Å². The number of carboxylic acid groups (broad SMARTS) is 1. The highest BCUT2D eigenvalue weighted by molar-refractivity contribution is 7.12. The van der Waals surface area contributed by atoms with Crippen molar-refractivity contribution in [1.82, 2.24) is 5.32 Å². The lowest BCUT2D eigenvalue weighted by molar-refractivity contribution is -0.146. The molecule has 1 aromatic rings. The molecule has 0 aromatic carbocycles. The van der Waals surface area contributed by atoms with Crippen LogP contribution in [0.15, 0.2) is 12.1 Å². The smallest absolute Gasteiger partial charge is 0.308 e. The van der Waals surface area contributed by atoms with Crippen LogP contribution in [0.3, 0.4) is 0 Å². The highest BCUT2D eigenvalue weighted by Crippen LogP contribution is 2.34. The third kappa shape index (κ3) is 3.39. The van der Waals surface area contributed by atoms with Gasteiger partial charge >= 0.3 is 5.97 Å². The number of aliphatic carboxylic acids is 1. The predicted octanol–water partition coefficient (Wildman–Crippen LogP) is 2.75. The van der Waals surface area contributed by atoms with E-state index in [1.54, 1.807) is 11.3 Å². The zero-order chi connectivity index (χ0) is 14.8. The van der Waals surface area contributed by atoms with Crippen molar-refractivity contribution in [2.75, 3.05) is 0 Å². The van der Waals surface area contributed by atoms with E-state index < -0.39 is 17.4 Å². The van der Waals surface area contributed by atoms with Gasteiger partial charge in [0.2, 0.25) is 5.91 Å². The molecule has 1 aliphatic carbocycles. The zero-order valence-corrected chi connectivity index (χ0v) is 12.8. The highest BCUT2D eigenvalue weighted by Gasteiger charge is 2.42. The van der Waals surface area contributed by atoms with Gasteiger partial charge < -0.3 is 10.4 Å². The molecule has 1 heterocycles. The number of thiophene rings is 1. The van der Waals surface area contributed by atoms with Crippen LogP contribution >= 0.6 is 11.3 Å². The van der Waals surface area contributed by atoms with Gasteiger partial charge in [-0.15, -0.1) is 11.3 Å². The summed E-state index contributed by atoms with van der Waals surface area (Å²) in [6.45, 7) is 3.87. The molecule has 110 valence electrons. The fourth-order valence-electron chi connectivity index (χ4n) is 2.98. The summed E-state index contributed by atoms with van der Waals surface area (Å²) in [5.74, 6) is -1.37. The molecule has 2 rings (SSSR count). The molecule has 1 amide bonds. The number of carbonyl (C=O) groups is 2.